The SMILES string of the molecule is Cc1cccnc1CC(=O)N1CCC2(C1)NC(=O)NC2=O. The zero-order chi connectivity index (χ0) is 15.0. The molecule has 2 fully saturated rings. The van der Waals surface area contributed by atoms with Crippen molar-refractivity contribution < 1.29 is 14.4 Å². The van der Waals surface area contributed by atoms with E-state index < -0.39 is 11.6 Å². The Hall–Kier alpha value is -2.44. The van der Waals surface area contributed by atoms with E-state index in [1.807, 2.05) is 19.1 Å². The highest BCUT2D eigenvalue weighted by atomic mass is 16.2. The fourth-order valence-electron chi connectivity index (χ4n) is 2.80. The third kappa shape index (κ3) is 2.35. The number of imide groups is 1. The first kappa shape index (κ1) is 13.5. The number of nitrogens with zero attached hydrogens (tertiary/aromatic N) is 2. The lowest BCUT2D eigenvalue weighted by atomic mass is 9.99. The molecule has 110 valence electrons. The highest BCUT2D eigenvalue weighted by molar-refractivity contribution is 6.07. The Morgan fingerprint density at radius 2 is 2.29 bits per heavy atom. The van der Waals surface area contributed by atoms with E-state index >= 15 is 0 Å². The van der Waals surface area contributed by atoms with Crippen LogP contribution >= 0.6 is 0 Å². The lowest BCUT2D eigenvalue weighted by molar-refractivity contribution is -0.130. The summed E-state index contributed by atoms with van der Waals surface area (Å²) in [5.74, 6) is -0.431. The van der Waals surface area contributed by atoms with Gasteiger partial charge in [-0.15, -0.1) is 0 Å². The summed E-state index contributed by atoms with van der Waals surface area (Å²) in [6, 6.07) is 3.24. The summed E-state index contributed by atoms with van der Waals surface area (Å²) in [5, 5.41) is 4.86. The van der Waals surface area contributed by atoms with Crippen LogP contribution in [0.1, 0.15) is 17.7 Å². The Kier molecular flexibility index (Phi) is 3.12. The van der Waals surface area contributed by atoms with Gasteiger partial charge in [0.25, 0.3) is 5.91 Å². The molecule has 0 bridgehead atoms. The molecular formula is C14H16N4O3. The maximum atomic E-state index is 12.3. The summed E-state index contributed by atoms with van der Waals surface area (Å²) in [4.78, 5) is 41.3. The van der Waals surface area contributed by atoms with Crippen molar-refractivity contribution in [1.29, 1.82) is 0 Å². The molecule has 1 spiro atoms. The number of aryl methyl sites for hydroxylation is 1. The van der Waals surface area contributed by atoms with Crippen LogP contribution in [-0.2, 0) is 16.0 Å². The second-order valence-corrected chi connectivity index (χ2v) is 5.50. The van der Waals surface area contributed by atoms with Gasteiger partial charge in [-0.05, 0) is 25.0 Å². The van der Waals surface area contributed by atoms with E-state index in [4.69, 9.17) is 0 Å². The Morgan fingerprint density at radius 3 is 2.95 bits per heavy atom. The Labute approximate surface area is 121 Å². The van der Waals surface area contributed by atoms with Crippen LogP contribution in [0.15, 0.2) is 18.3 Å². The summed E-state index contributed by atoms with van der Waals surface area (Å²) in [6.07, 6.45) is 2.31. The predicted molar refractivity (Wildman–Crippen MR) is 73.3 cm³/mol. The van der Waals surface area contributed by atoms with Crippen molar-refractivity contribution in [2.75, 3.05) is 13.1 Å². The number of carbonyl (C=O) groups excluding carboxylic acids is 3. The van der Waals surface area contributed by atoms with Gasteiger partial charge in [0.2, 0.25) is 5.91 Å². The smallest absolute Gasteiger partial charge is 0.322 e. The molecule has 1 atom stereocenters. The number of pyridine rings is 1. The zero-order valence-corrected chi connectivity index (χ0v) is 11.7. The lowest BCUT2D eigenvalue weighted by Crippen LogP contribution is -2.49. The molecular weight excluding hydrogens is 272 g/mol. The number of rotatable bonds is 2. The summed E-state index contributed by atoms with van der Waals surface area (Å²) in [6.45, 7) is 2.58. The van der Waals surface area contributed by atoms with Crippen LogP contribution in [0, 0.1) is 6.92 Å². The molecule has 7 heteroatoms. The molecule has 0 radical (unpaired) electrons. The third-order valence-electron chi connectivity index (χ3n) is 4.07. The van der Waals surface area contributed by atoms with Crippen molar-refractivity contribution >= 4 is 17.8 Å². The topological polar surface area (TPSA) is 91.4 Å². The van der Waals surface area contributed by atoms with Gasteiger partial charge in [-0.3, -0.25) is 19.9 Å². The summed E-state index contributed by atoms with van der Waals surface area (Å²) < 4.78 is 0. The van der Waals surface area contributed by atoms with Gasteiger partial charge in [-0.1, -0.05) is 6.07 Å². The molecule has 1 unspecified atom stereocenters. The van der Waals surface area contributed by atoms with Crippen molar-refractivity contribution in [3.63, 3.8) is 0 Å². The van der Waals surface area contributed by atoms with Gasteiger partial charge in [0.05, 0.1) is 18.7 Å². The Morgan fingerprint density at radius 1 is 1.48 bits per heavy atom. The van der Waals surface area contributed by atoms with E-state index in [2.05, 4.69) is 15.6 Å². The van der Waals surface area contributed by atoms with E-state index in [0.29, 0.717) is 13.0 Å². The first-order valence-corrected chi connectivity index (χ1v) is 6.82. The normalized spacial score (nSPS) is 24.3. The monoisotopic (exact) mass is 288 g/mol. The second-order valence-electron chi connectivity index (χ2n) is 5.50. The van der Waals surface area contributed by atoms with Gasteiger partial charge >= 0.3 is 6.03 Å². The van der Waals surface area contributed by atoms with E-state index in [0.717, 1.165) is 11.3 Å². The third-order valence-corrected chi connectivity index (χ3v) is 4.07. The van der Waals surface area contributed by atoms with Crippen LogP contribution in [0.4, 0.5) is 4.79 Å². The van der Waals surface area contributed by atoms with Crippen LogP contribution in [0.5, 0.6) is 0 Å². The molecule has 0 saturated carbocycles. The number of amides is 4. The minimum Gasteiger partial charge on any atom is -0.339 e. The Bertz CT molecular complexity index is 630. The molecule has 21 heavy (non-hydrogen) atoms. The van der Waals surface area contributed by atoms with E-state index in [1.165, 1.54) is 0 Å². The fourth-order valence-corrected chi connectivity index (χ4v) is 2.80. The van der Waals surface area contributed by atoms with Crippen molar-refractivity contribution in [1.82, 2.24) is 20.5 Å². The van der Waals surface area contributed by atoms with Crippen LogP contribution < -0.4 is 10.6 Å². The number of likely N-dealkylation sites (tertiary alicyclic amines) is 1. The number of aromatic nitrogens is 1. The van der Waals surface area contributed by atoms with E-state index in [9.17, 15) is 14.4 Å². The number of hydrogen-bond donors (Lipinski definition) is 2. The number of urea groups is 1. The summed E-state index contributed by atoms with van der Waals surface area (Å²) >= 11 is 0. The minimum atomic E-state index is -0.952. The van der Waals surface area contributed by atoms with Crippen LogP contribution in [0.25, 0.3) is 0 Å². The first-order valence-electron chi connectivity index (χ1n) is 6.82. The van der Waals surface area contributed by atoms with Crippen LogP contribution in [0.3, 0.4) is 0 Å². The second kappa shape index (κ2) is 4.83. The molecule has 0 aromatic carbocycles. The van der Waals surface area contributed by atoms with Crippen LogP contribution in [-0.4, -0.2) is 46.4 Å². The molecule has 3 rings (SSSR count). The average Bonchev–Trinajstić information content (AvgIpc) is 2.97. The van der Waals surface area contributed by atoms with Gasteiger partial charge in [0.1, 0.15) is 5.54 Å². The number of carbonyl (C=O) groups is 3. The van der Waals surface area contributed by atoms with E-state index in [-0.39, 0.29) is 24.8 Å². The Balaban J connectivity index is 1.69. The average molecular weight is 288 g/mol. The van der Waals surface area contributed by atoms with E-state index in [1.54, 1.807) is 11.1 Å². The van der Waals surface area contributed by atoms with Crippen molar-refractivity contribution in [3.8, 4) is 0 Å². The maximum absolute atomic E-state index is 12.3. The molecule has 1 aromatic rings. The van der Waals surface area contributed by atoms with Gasteiger partial charge in [-0.2, -0.15) is 0 Å². The predicted octanol–water partition coefficient (Wildman–Crippen LogP) is -0.257. The fraction of sp³-hybridized carbons (Fsp3) is 0.429. The van der Waals surface area contributed by atoms with Gasteiger partial charge < -0.3 is 10.2 Å². The molecule has 2 N–H and O–H groups in total. The summed E-state index contributed by atoms with van der Waals surface area (Å²) in [5.41, 5.74) is 0.751. The first-order chi connectivity index (χ1) is 10.00. The molecule has 0 aliphatic carbocycles. The quantitative estimate of drug-likeness (QED) is 0.734. The van der Waals surface area contributed by atoms with Crippen molar-refractivity contribution in [2.24, 2.45) is 0 Å². The van der Waals surface area contributed by atoms with Crippen molar-refractivity contribution in [2.45, 2.75) is 25.3 Å². The highest BCUT2D eigenvalue weighted by Gasteiger charge is 2.51. The molecule has 1 aromatic heterocycles. The largest absolute Gasteiger partial charge is 0.339 e. The summed E-state index contributed by atoms with van der Waals surface area (Å²) in [7, 11) is 0. The number of hydrogen-bond acceptors (Lipinski definition) is 4. The molecule has 7 nitrogen and oxygen atoms in total. The standard InChI is InChI=1S/C14H16N4O3/c1-9-3-2-5-15-10(9)7-11(19)18-6-4-14(8-18)12(20)16-13(21)17-14/h2-3,5H,4,6-8H2,1H3,(H2,16,17,20,21). The zero-order valence-electron chi connectivity index (χ0n) is 11.7. The van der Waals surface area contributed by atoms with Gasteiger partial charge in [0, 0.05) is 12.7 Å². The molecule has 2 aliphatic heterocycles. The van der Waals surface area contributed by atoms with Crippen LogP contribution in [0.2, 0.25) is 0 Å². The molecule has 3 heterocycles. The lowest BCUT2D eigenvalue weighted by Gasteiger charge is -2.21. The van der Waals surface area contributed by atoms with Crippen molar-refractivity contribution in [3.05, 3.63) is 29.6 Å². The highest BCUT2D eigenvalue weighted by Crippen LogP contribution is 2.25. The minimum absolute atomic E-state index is 0.0809. The van der Waals surface area contributed by atoms with Gasteiger partial charge in [-0.25, -0.2) is 4.79 Å². The molecule has 2 aliphatic rings. The number of nitrogens with one attached hydrogen (secondary N) is 2. The molecule has 4 amide bonds. The van der Waals surface area contributed by atoms with Gasteiger partial charge in [0.15, 0.2) is 0 Å². The molecule has 2 saturated heterocycles. The maximum Gasteiger partial charge on any atom is 0.322 e.